The summed E-state index contributed by atoms with van der Waals surface area (Å²) in [6.45, 7) is 4.73. The largest absolute Gasteiger partial charge is 0.382 e. The number of carbonyl (C=O) groups is 1. The molecule has 2 aliphatic rings. The molecule has 21 heavy (non-hydrogen) atoms. The number of fused-ring (bicyclic) bond motifs is 1. The minimum atomic E-state index is 0.180. The Kier molecular flexibility index (Phi) is 4.32. The van der Waals surface area contributed by atoms with E-state index in [-0.39, 0.29) is 5.91 Å². The van der Waals surface area contributed by atoms with Gasteiger partial charge in [0.25, 0.3) is 5.91 Å². The fraction of sp³-hybridized carbons (Fsp3) is 0.588. The van der Waals surface area contributed by atoms with Crippen LogP contribution in [0.15, 0.2) is 18.2 Å². The van der Waals surface area contributed by atoms with Gasteiger partial charge in [-0.25, -0.2) is 0 Å². The van der Waals surface area contributed by atoms with Crippen LogP contribution >= 0.6 is 0 Å². The summed E-state index contributed by atoms with van der Waals surface area (Å²) in [5.41, 5.74) is 2.95. The molecule has 0 saturated heterocycles. The number of rotatable bonds is 3. The molecule has 0 unspecified atom stereocenters. The van der Waals surface area contributed by atoms with Gasteiger partial charge in [0, 0.05) is 31.2 Å². The molecular weight excluding hydrogens is 262 g/mol. The van der Waals surface area contributed by atoms with Crippen molar-refractivity contribution in [2.75, 3.05) is 30.3 Å². The van der Waals surface area contributed by atoms with Crippen LogP contribution in [-0.4, -0.2) is 36.5 Å². The van der Waals surface area contributed by atoms with Gasteiger partial charge in [0.2, 0.25) is 0 Å². The lowest BCUT2D eigenvalue weighted by Crippen LogP contribution is -2.41. The molecule has 1 heterocycles. The van der Waals surface area contributed by atoms with Crippen molar-refractivity contribution in [3.63, 3.8) is 0 Å². The van der Waals surface area contributed by atoms with E-state index >= 15 is 0 Å². The van der Waals surface area contributed by atoms with Gasteiger partial charge in [0.15, 0.2) is 0 Å². The van der Waals surface area contributed by atoms with Crippen LogP contribution in [0.3, 0.4) is 0 Å². The molecular formula is C17H25N3O. The van der Waals surface area contributed by atoms with Crippen LogP contribution in [0.1, 0.15) is 49.4 Å². The predicted molar refractivity (Wildman–Crippen MR) is 87.0 cm³/mol. The Morgan fingerprint density at radius 2 is 1.86 bits per heavy atom. The summed E-state index contributed by atoms with van der Waals surface area (Å²) in [6, 6.07) is 6.39. The van der Waals surface area contributed by atoms with E-state index in [2.05, 4.69) is 22.5 Å². The first kappa shape index (κ1) is 14.2. The zero-order chi connectivity index (χ0) is 14.7. The van der Waals surface area contributed by atoms with Gasteiger partial charge in [-0.15, -0.1) is 0 Å². The highest BCUT2D eigenvalue weighted by Gasteiger charge is 2.25. The van der Waals surface area contributed by atoms with Gasteiger partial charge in [-0.2, -0.15) is 0 Å². The zero-order valence-corrected chi connectivity index (χ0v) is 12.8. The quantitative estimate of drug-likeness (QED) is 0.896. The number of amides is 1. The number of carbonyl (C=O) groups excluding carboxylic acids is 1. The molecule has 114 valence electrons. The zero-order valence-electron chi connectivity index (χ0n) is 12.8. The van der Waals surface area contributed by atoms with Crippen LogP contribution in [0, 0.1) is 0 Å². The number of hydrogen-bond acceptors (Lipinski definition) is 3. The van der Waals surface area contributed by atoms with Gasteiger partial charge >= 0.3 is 0 Å². The number of hydrogen-bond donors (Lipinski definition) is 2. The number of nitrogens with zero attached hydrogens (tertiary/aromatic N) is 1. The van der Waals surface area contributed by atoms with Crippen LogP contribution in [0.25, 0.3) is 0 Å². The van der Waals surface area contributed by atoms with Gasteiger partial charge in [-0.3, -0.25) is 4.79 Å². The van der Waals surface area contributed by atoms with E-state index in [1.54, 1.807) is 0 Å². The number of benzene rings is 1. The first-order valence-corrected chi connectivity index (χ1v) is 8.22. The molecule has 3 rings (SSSR count). The lowest BCUT2D eigenvalue weighted by atomic mass is 9.93. The van der Waals surface area contributed by atoms with Gasteiger partial charge < -0.3 is 15.5 Å². The van der Waals surface area contributed by atoms with Crippen molar-refractivity contribution in [3.8, 4) is 0 Å². The van der Waals surface area contributed by atoms with E-state index in [0.717, 1.165) is 49.4 Å². The standard InChI is InChI=1S/C17H25N3O/c1-2-20(14-6-4-3-5-7-14)17(21)13-8-9-15-16(12-13)19-11-10-18-15/h8-9,12,14,18-19H,2-7,10-11H2,1H3. The van der Waals surface area contributed by atoms with Crippen molar-refractivity contribution in [3.05, 3.63) is 23.8 Å². The summed E-state index contributed by atoms with van der Waals surface area (Å²) < 4.78 is 0. The third-order valence-electron chi connectivity index (χ3n) is 4.64. The van der Waals surface area contributed by atoms with Gasteiger partial charge in [0.1, 0.15) is 0 Å². The van der Waals surface area contributed by atoms with Gasteiger partial charge in [-0.05, 0) is 38.0 Å². The normalized spacial score (nSPS) is 18.3. The van der Waals surface area contributed by atoms with Crippen molar-refractivity contribution in [2.45, 2.75) is 45.1 Å². The molecule has 0 spiro atoms. The lowest BCUT2D eigenvalue weighted by molar-refractivity contribution is 0.0648. The number of nitrogens with one attached hydrogen (secondary N) is 2. The summed E-state index contributed by atoms with van der Waals surface area (Å²) in [5, 5.41) is 6.71. The Bertz CT molecular complexity index is 509. The predicted octanol–water partition coefficient (Wildman–Crippen LogP) is 3.32. The average Bonchev–Trinajstić information content (AvgIpc) is 2.56. The summed E-state index contributed by atoms with van der Waals surface area (Å²) in [7, 11) is 0. The van der Waals surface area contributed by atoms with Gasteiger partial charge in [0.05, 0.1) is 11.4 Å². The molecule has 1 aliphatic carbocycles. The summed E-state index contributed by atoms with van der Waals surface area (Å²) in [4.78, 5) is 14.9. The Hall–Kier alpha value is -1.71. The van der Waals surface area contributed by atoms with Crippen molar-refractivity contribution in [1.29, 1.82) is 0 Å². The third-order valence-corrected chi connectivity index (χ3v) is 4.64. The fourth-order valence-corrected chi connectivity index (χ4v) is 3.50. The second-order valence-corrected chi connectivity index (χ2v) is 6.00. The number of anilines is 2. The monoisotopic (exact) mass is 287 g/mol. The second-order valence-electron chi connectivity index (χ2n) is 6.00. The van der Waals surface area contributed by atoms with Crippen molar-refractivity contribution in [1.82, 2.24) is 4.90 Å². The molecule has 0 radical (unpaired) electrons. The first-order chi connectivity index (χ1) is 10.3. The van der Waals surface area contributed by atoms with Crippen molar-refractivity contribution >= 4 is 17.3 Å². The molecule has 1 amide bonds. The van der Waals surface area contributed by atoms with Crippen LogP contribution in [0.5, 0.6) is 0 Å². The molecule has 1 aromatic carbocycles. The fourth-order valence-electron chi connectivity index (χ4n) is 3.50. The summed E-state index contributed by atoms with van der Waals surface area (Å²) in [5.74, 6) is 0.180. The molecule has 0 aromatic heterocycles. The highest BCUT2D eigenvalue weighted by Crippen LogP contribution is 2.28. The SMILES string of the molecule is CCN(C(=O)c1ccc2c(c1)NCCN2)C1CCCCC1. The van der Waals surface area contributed by atoms with Crippen molar-refractivity contribution < 1.29 is 4.79 Å². The Labute approximate surface area is 126 Å². The maximum absolute atomic E-state index is 12.8. The average molecular weight is 287 g/mol. The van der Waals surface area contributed by atoms with E-state index < -0.39 is 0 Å². The molecule has 1 saturated carbocycles. The molecule has 1 aromatic rings. The molecule has 4 nitrogen and oxygen atoms in total. The summed E-state index contributed by atoms with van der Waals surface area (Å²) >= 11 is 0. The van der Waals surface area contributed by atoms with Gasteiger partial charge in [-0.1, -0.05) is 19.3 Å². The van der Waals surface area contributed by atoms with E-state index in [1.165, 1.54) is 19.3 Å². The third kappa shape index (κ3) is 2.99. The van der Waals surface area contributed by atoms with E-state index in [1.807, 2.05) is 18.2 Å². The molecule has 0 atom stereocenters. The maximum Gasteiger partial charge on any atom is 0.254 e. The highest BCUT2D eigenvalue weighted by molar-refractivity contribution is 5.96. The Morgan fingerprint density at radius 3 is 2.57 bits per heavy atom. The van der Waals surface area contributed by atoms with Crippen LogP contribution in [-0.2, 0) is 0 Å². The molecule has 4 heteroatoms. The molecule has 1 fully saturated rings. The lowest BCUT2D eigenvalue weighted by Gasteiger charge is -2.34. The maximum atomic E-state index is 12.8. The molecule has 0 bridgehead atoms. The molecule has 2 N–H and O–H groups in total. The van der Waals surface area contributed by atoms with Crippen LogP contribution < -0.4 is 10.6 Å². The smallest absolute Gasteiger partial charge is 0.254 e. The van der Waals surface area contributed by atoms with Crippen LogP contribution in [0.4, 0.5) is 11.4 Å². The minimum absolute atomic E-state index is 0.180. The Morgan fingerprint density at radius 1 is 1.14 bits per heavy atom. The second kappa shape index (κ2) is 6.37. The van der Waals surface area contributed by atoms with E-state index in [4.69, 9.17) is 0 Å². The topological polar surface area (TPSA) is 44.4 Å². The van der Waals surface area contributed by atoms with Crippen LogP contribution in [0.2, 0.25) is 0 Å². The highest BCUT2D eigenvalue weighted by atomic mass is 16.2. The van der Waals surface area contributed by atoms with E-state index in [9.17, 15) is 4.79 Å². The first-order valence-electron chi connectivity index (χ1n) is 8.22. The summed E-state index contributed by atoms with van der Waals surface area (Å²) in [6.07, 6.45) is 6.14. The minimum Gasteiger partial charge on any atom is -0.382 e. The Balaban J connectivity index is 1.79. The van der Waals surface area contributed by atoms with E-state index in [0.29, 0.717) is 6.04 Å². The van der Waals surface area contributed by atoms with Crippen molar-refractivity contribution in [2.24, 2.45) is 0 Å². The molecule has 1 aliphatic heterocycles.